The molecule has 2 unspecified atom stereocenters. The number of aromatic amines is 1. The first-order valence-corrected chi connectivity index (χ1v) is 12.3. The molecule has 0 bridgehead atoms. The Morgan fingerprint density at radius 1 is 1.06 bits per heavy atom. The molecule has 2 fully saturated rings. The summed E-state index contributed by atoms with van der Waals surface area (Å²) >= 11 is 0. The SMILES string of the molecule is C[C@H](O)C(CC(O)CNC1CCCCC1)N(c1ncnc2[nH]ccc12)C1CCCCC1. The van der Waals surface area contributed by atoms with Crippen LogP contribution >= 0.6 is 0 Å². The number of hydrogen-bond acceptors (Lipinski definition) is 6. The number of rotatable bonds is 9. The van der Waals surface area contributed by atoms with Crippen molar-refractivity contribution < 1.29 is 10.2 Å². The van der Waals surface area contributed by atoms with Crippen molar-refractivity contribution in [3.63, 3.8) is 0 Å². The molecule has 0 amide bonds. The van der Waals surface area contributed by atoms with Crippen LogP contribution in [0.4, 0.5) is 5.82 Å². The summed E-state index contributed by atoms with van der Waals surface area (Å²) in [6, 6.07) is 2.66. The van der Waals surface area contributed by atoms with Crippen LogP contribution < -0.4 is 10.2 Å². The highest BCUT2D eigenvalue weighted by molar-refractivity contribution is 5.87. The zero-order chi connectivity index (χ0) is 21.6. The molecule has 2 saturated carbocycles. The van der Waals surface area contributed by atoms with Crippen molar-refractivity contribution in [2.45, 2.75) is 108 Å². The van der Waals surface area contributed by atoms with Gasteiger partial charge in [-0.15, -0.1) is 0 Å². The summed E-state index contributed by atoms with van der Waals surface area (Å²) in [6.07, 6.45) is 15.1. The van der Waals surface area contributed by atoms with E-state index < -0.39 is 12.2 Å². The molecule has 2 aromatic heterocycles. The van der Waals surface area contributed by atoms with E-state index in [4.69, 9.17) is 0 Å². The summed E-state index contributed by atoms with van der Waals surface area (Å²) in [5.41, 5.74) is 0.815. The second kappa shape index (κ2) is 10.7. The largest absolute Gasteiger partial charge is 0.392 e. The molecule has 31 heavy (non-hydrogen) atoms. The molecule has 0 aliphatic heterocycles. The smallest absolute Gasteiger partial charge is 0.142 e. The number of nitrogens with zero attached hydrogens (tertiary/aromatic N) is 3. The summed E-state index contributed by atoms with van der Waals surface area (Å²) in [7, 11) is 0. The van der Waals surface area contributed by atoms with Gasteiger partial charge in [0.15, 0.2) is 0 Å². The Morgan fingerprint density at radius 2 is 1.77 bits per heavy atom. The van der Waals surface area contributed by atoms with Crippen LogP contribution in [0.1, 0.15) is 77.6 Å². The number of aromatic nitrogens is 3. The molecule has 2 aromatic rings. The lowest BCUT2D eigenvalue weighted by atomic mass is 9.90. The van der Waals surface area contributed by atoms with Crippen molar-refractivity contribution in [2.75, 3.05) is 11.4 Å². The highest BCUT2D eigenvalue weighted by Crippen LogP contribution is 2.34. The fourth-order valence-corrected chi connectivity index (χ4v) is 5.54. The van der Waals surface area contributed by atoms with E-state index in [1.165, 1.54) is 51.4 Å². The number of hydrogen-bond donors (Lipinski definition) is 4. The third-order valence-corrected chi connectivity index (χ3v) is 7.22. The molecule has 0 saturated heterocycles. The van der Waals surface area contributed by atoms with E-state index in [0.717, 1.165) is 29.7 Å². The zero-order valence-electron chi connectivity index (χ0n) is 18.8. The van der Waals surface area contributed by atoms with Crippen LogP contribution in [0.15, 0.2) is 18.6 Å². The predicted octanol–water partition coefficient (Wildman–Crippen LogP) is 3.52. The van der Waals surface area contributed by atoms with Crippen LogP contribution in [0.2, 0.25) is 0 Å². The van der Waals surface area contributed by atoms with Crippen molar-refractivity contribution in [3.8, 4) is 0 Å². The lowest BCUT2D eigenvalue weighted by Gasteiger charge is -2.43. The molecule has 4 N–H and O–H groups in total. The van der Waals surface area contributed by atoms with E-state index in [-0.39, 0.29) is 6.04 Å². The first-order chi connectivity index (χ1) is 15.1. The molecule has 0 aromatic carbocycles. The van der Waals surface area contributed by atoms with Crippen LogP contribution in [0.25, 0.3) is 11.0 Å². The minimum atomic E-state index is -0.574. The molecule has 2 heterocycles. The standard InChI is InChI=1S/C24H39N5O2/c1-17(30)22(14-20(31)15-26-18-8-4-2-5-9-18)29(19-10-6-3-7-11-19)24-21-12-13-25-23(21)27-16-28-24/h12-13,16-20,22,26,30-31H,2-11,14-15H2,1H3,(H,25,27,28)/t17-,20?,22?/m0/s1. The van der Waals surface area contributed by atoms with Crippen molar-refractivity contribution in [2.24, 2.45) is 0 Å². The minimum absolute atomic E-state index is 0.195. The molecule has 7 heteroatoms. The molecule has 0 radical (unpaired) electrons. The highest BCUT2D eigenvalue weighted by atomic mass is 16.3. The quantitative estimate of drug-likeness (QED) is 0.487. The molecular weight excluding hydrogens is 390 g/mol. The maximum Gasteiger partial charge on any atom is 0.142 e. The summed E-state index contributed by atoms with van der Waals surface area (Å²) in [4.78, 5) is 14.5. The van der Waals surface area contributed by atoms with Crippen LogP contribution in [0.3, 0.4) is 0 Å². The average molecular weight is 430 g/mol. The fraction of sp³-hybridized carbons (Fsp3) is 0.750. The molecule has 0 spiro atoms. The Kier molecular flexibility index (Phi) is 7.80. The van der Waals surface area contributed by atoms with Crippen LogP contribution in [0.5, 0.6) is 0 Å². The highest BCUT2D eigenvalue weighted by Gasteiger charge is 2.34. The Hall–Kier alpha value is -1.70. The topological polar surface area (TPSA) is 97.3 Å². The molecular formula is C24H39N5O2. The Bertz CT molecular complexity index is 798. The summed E-state index contributed by atoms with van der Waals surface area (Å²) in [5.74, 6) is 0.872. The van der Waals surface area contributed by atoms with Crippen molar-refractivity contribution in [1.82, 2.24) is 20.3 Å². The normalized spacial score (nSPS) is 21.8. The third-order valence-electron chi connectivity index (χ3n) is 7.22. The van der Waals surface area contributed by atoms with Gasteiger partial charge in [-0.3, -0.25) is 0 Å². The Labute approximate surface area is 185 Å². The van der Waals surface area contributed by atoms with Gasteiger partial charge in [-0.2, -0.15) is 0 Å². The average Bonchev–Trinajstić information content (AvgIpc) is 3.28. The van der Waals surface area contributed by atoms with Crippen molar-refractivity contribution in [1.29, 1.82) is 0 Å². The maximum atomic E-state index is 10.9. The number of aliphatic hydroxyl groups is 2. The van der Waals surface area contributed by atoms with E-state index in [9.17, 15) is 10.2 Å². The molecule has 7 nitrogen and oxygen atoms in total. The van der Waals surface area contributed by atoms with Gasteiger partial charge >= 0.3 is 0 Å². The zero-order valence-corrected chi connectivity index (χ0v) is 18.8. The predicted molar refractivity (Wildman–Crippen MR) is 124 cm³/mol. The van der Waals surface area contributed by atoms with Gasteiger partial charge in [0.25, 0.3) is 0 Å². The van der Waals surface area contributed by atoms with E-state index in [1.54, 1.807) is 6.33 Å². The van der Waals surface area contributed by atoms with Gasteiger partial charge in [0, 0.05) is 24.8 Å². The summed E-state index contributed by atoms with van der Waals surface area (Å²) < 4.78 is 0. The number of anilines is 1. The number of aliphatic hydroxyl groups excluding tert-OH is 2. The lowest BCUT2D eigenvalue weighted by molar-refractivity contribution is 0.0927. The minimum Gasteiger partial charge on any atom is -0.392 e. The van der Waals surface area contributed by atoms with Gasteiger partial charge in [-0.1, -0.05) is 38.5 Å². The van der Waals surface area contributed by atoms with Gasteiger partial charge in [-0.25, -0.2) is 9.97 Å². The van der Waals surface area contributed by atoms with Crippen LogP contribution in [0, 0.1) is 0 Å². The van der Waals surface area contributed by atoms with Crippen molar-refractivity contribution >= 4 is 16.9 Å². The fourth-order valence-electron chi connectivity index (χ4n) is 5.54. The number of nitrogens with one attached hydrogen (secondary N) is 2. The van der Waals surface area contributed by atoms with E-state index in [2.05, 4.69) is 25.2 Å². The summed E-state index contributed by atoms with van der Waals surface area (Å²) in [5, 5.41) is 26.3. The van der Waals surface area contributed by atoms with Crippen LogP contribution in [-0.2, 0) is 0 Å². The molecule has 4 rings (SSSR count). The van der Waals surface area contributed by atoms with E-state index >= 15 is 0 Å². The lowest BCUT2D eigenvalue weighted by Crippen LogP contribution is -2.52. The van der Waals surface area contributed by atoms with Gasteiger partial charge in [-0.05, 0) is 45.1 Å². The monoisotopic (exact) mass is 429 g/mol. The third kappa shape index (κ3) is 5.57. The summed E-state index contributed by atoms with van der Waals surface area (Å²) in [6.45, 7) is 2.42. The Morgan fingerprint density at radius 3 is 2.48 bits per heavy atom. The van der Waals surface area contributed by atoms with Gasteiger partial charge < -0.3 is 25.4 Å². The van der Waals surface area contributed by atoms with E-state index in [1.807, 2.05) is 19.2 Å². The first-order valence-electron chi connectivity index (χ1n) is 12.3. The van der Waals surface area contributed by atoms with Gasteiger partial charge in [0.05, 0.1) is 23.6 Å². The molecule has 2 aliphatic rings. The molecule has 172 valence electrons. The number of H-pyrrole nitrogens is 1. The second-order valence-electron chi connectivity index (χ2n) is 9.58. The van der Waals surface area contributed by atoms with E-state index in [0.29, 0.717) is 25.0 Å². The van der Waals surface area contributed by atoms with Crippen LogP contribution in [-0.4, -0.2) is 62.0 Å². The Balaban J connectivity index is 1.54. The molecule has 2 aliphatic carbocycles. The molecule has 3 atom stereocenters. The second-order valence-corrected chi connectivity index (χ2v) is 9.58. The van der Waals surface area contributed by atoms with Gasteiger partial charge in [0.1, 0.15) is 17.8 Å². The maximum absolute atomic E-state index is 10.9. The first kappa shape index (κ1) is 22.5. The van der Waals surface area contributed by atoms with Gasteiger partial charge in [0.2, 0.25) is 0 Å². The van der Waals surface area contributed by atoms with Crippen molar-refractivity contribution in [3.05, 3.63) is 18.6 Å². The number of fused-ring (bicyclic) bond motifs is 1.